The molecule has 206 valence electrons. The Balaban J connectivity index is 1.79. The van der Waals surface area contributed by atoms with Gasteiger partial charge in [-0.3, -0.25) is 0 Å². The van der Waals surface area contributed by atoms with Crippen LogP contribution in [0.15, 0.2) is 45.2 Å². The molecule has 1 aliphatic rings. The van der Waals surface area contributed by atoms with E-state index < -0.39 is 5.97 Å². The van der Waals surface area contributed by atoms with E-state index in [9.17, 15) is 9.90 Å². The molecule has 0 saturated carbocycles. The number of benzene rings is 1. The summed E-state index contributed by atoms with van der Waals surface area (Å²) >= 11 is 15.3. The Bertz CT molecular complexity index is 1450. The molecule has 3 heterocycles. The van der Waals surface area contributed by atoms with Gasteiger partial charge in [0.2, 0.25) is 11.0 Å². The van der Waals surface area contributed by atoms with Gasteiger partial charge in [0, 0.05) is 40.3 Å². The Morgan fingerprint density at radius 2 is 2.03 bits per heavy atom. The molecule has 1 aliphatic heterocycles. The average molecular weight is 608 g/mol. The molecule has 39 heavy (non-hydrogen) atoms. The minimum absolute atomic E-state index is 0.113. The summed E-state index contributed by atoms with van der Waals surface area (Å²) in [5, 5.41) is 11.6. The van der Waals surface area contributed by atoms with Gasteiger partial charge in [-0.25, -0.2) is 19.8 Å². The van der Waals surface area contributed by atoms with Gasteiger partial charge >= 0.3 is 5.97 Å². The number of hydrogen-bond donors (Lipinski definition) is 2. The van der Waals surface area contributed by atoms with Crippen LogP contribution < -0.4 is 10.5 Å². The van der Waals surface area contributed by atoms with E-state index in [0.717, 1.165) is 16.2 Å². The predicted molar refractivity (Wildman–Crippen MR) is 159 cm³/mol. The molecule has 12 heteroatoms. The maximum absolute atomic E-state index is 12.5. The Morgan fingerprint density at radius 1 is 1.26 bits per heavy atom. The minimum atomic E-state index is -1.24. The standard InChI is InChI=1S/C27H28Cl2N4O4S2/c1-13(2)38-26-23(16-5-6-19(28)20(29)10-16)32-27(39-26)33-24(25(34)35)22(15(4)30)17-9-14(3)31-21(11-17)37-18-7-8-36-12-18/h5-6,9-11,13,18H,7-8,12,30H2,1-4H3,(H,34,35)/t18-/m0/s1. The summed E-state index contributed by atoms with van der Waals surface area (Å²) in [5.74, 6) is -0.865. The lowest BCUT2D eigenvalue weighted by molar-refractivity contribution is -0.129. The molecule has 0 bridgehead atoms. The van der Waals surface area contributed by atoms with Crippen molar-refractivity contribution in [2.75, 3.05) is 13.2 Å². The topological polar surface area (TPSA) is 120 Å². The number of pyridine rings is 1. The molecule has 0 radical (unpaired) electrons. The van der Waals surface area contributed by atoms with E-state index in [1.165, 1.54) is 11.3 Å². The zero-order valence-corrected chi connectivity index (χ0v) is 25.0. The lowest BCUT2D eigenvalue weighted by Gasteiger charge is -2.15. The Hall–Kier alpha value is -2.63. The molecule has 1 aromatic carbocycles. The highest BCUT2D eigenvalue weighted by Crippen LogP contribution is 2.43. The lowest BCUT2D eigenvalue weighted by atomic mass is 9.99. The second-order valence-corrected chi connectivity index (χ2v) is 12.8. The number of nitrogens with two attached hydrogens (primary N) is 1. The van der Waals surface area contributed by atoms with Crippen LogP contribution in [0.1, 0.15) is 38.4 Å². The third-order valence-corrected chi connectivity index (χ3v) is 8.46. The van der Waals surface area contributed by atoms with E-state index in [-0.39, 0.29) is 33.5 Å². The number of rotatable bonds is 9. The summed E-state index contributed by atoms with van der Waals surface area (Å²) in [6.45, 7) is 8.68. The van der Waals surface area contributed by atoms with Crippen LogP contribution in [0.4, 0.5) is 5.13 Å². The fraction of sp³-hybridized carbons (Fsp3) is 0.333. The minimum Gasteiger partial charge on any atom is -0.476 e. The zero-order chi connectivity index (χ0) is 28.3. The number of aliphatic imine (C=N–C) groups is 1. The summed E-state index contributed by atoms with van der Waals surface area (Å²) in [7, 11) is 0. The van der Waals surface area contributed by atoms with E-state index in [1.54, 1.807) is 43.0 Å². The maximum atomic E-state index is 12.5. The number of aromatic nitrogens is 2. The van der Waals surface area contributed by atoms with Crippen LogP contribution in [0.2, 0.25) is 10.0 Å². The van der Waals surface area contributed by atoms with Gasteiger partial charge in [0.05, 0.1) is 33.2 Å². The number of halogens is 2. The Labute approximate surface area is 245 Å². The smallest absolute Gasteiger partial charge is 0.355 e. The van der Waals surface area contributed by atoms with E-state index >= 15 is 0 Å². The third kappa shape index (κ3) is 7.32. The quantitative estimate of drug-likeness (QED) is 0.196. The molecule has 1 fully saturated rings. The largest absolute Gasteiger partial charge is 0.476 e. The molecule has 8 nitrogen and oxygen atoms in total. The van der Waals surface area contributed by atoms with Crippen molar-refractivity contribution in [3.05, 3.63) is 57.3 Å². The first kappa shape index (κ1) is 29.4. The van der Waals surface area contributed by atoms with Crippen molar-refractivity contribution in [1.82, 2.24) is 9.97 Å². The van der Waals surface area contributed by atoms with E-state index in [1.807, 2.05) is 13.0 Å². The first-order valence-electron chi connectivity index (χ1n) is 12.2. The van der Waals surface area contributed by atoms with E-state index in [2.05, 4.69) is 23.8 Å². The van der Waals surface area contributed by atoms with Crippen LogP contribution >= 0.6 is 46.3 Å². The van der Waals surface area contributed by atoms with E-state index in [4.69, 9.17) is 43.4 Å². The monoisotopic (exact) mass is 606 g/mol. The van der Waals surface area contributed by atoms with Gasteiger partial charge in [-0.05, 0) is 37.6 Å². The number of allylic oxidation sites excluding steroid dienone is 1. The van der Waals surface area contributed by atoms with Gasteiger partial charge < -0.3 is 20.3 Å². The highest BCUT2D eigenvalue weighted by Gasteiger charge is 2.24. The third-order valence-electron chi connectivity index (χ3n) is 5.56. The number of carbonyl (C=O) groups is 1. The Kier molecular flexibility index (Phi) is 9.56. The predicted octanol–water partition coefficient (Wildman–Crippen LogP) is 7.04. The van der Waals surface area contributed by atoms with Crippen molar-refractivity contribution in [2.24, 2.45) is 10.7 Å². The summed E-state index contributed by atoms with van der Waals surface area (Å²) in [4.78, 5) is 26.2. The molecule has 0 unspecified atom stereocenters. The molecule has 2 aromatic heterocycles. The first-order chi connectivity index (χ1) is 18.5. The molecule has 1 saturated heterocycles. The van der Waals surface area contributed by atoms with Crippen molar-refractivity contribution >= 4 is 68.7 Å². The molecule has 0 spiro atoms. The zero-order valence-electron chi connectivity index (χ0n) is 21.8. The molecule has 3 N–H and O–H groups in total. The molecule has 0 aliphatic carbocycles. The summed E-state index contributed by atoms with van der Waals surface area (Å²) in [5.41, 5.74) is 9.18. The number of nitrogens with zero attached hydrogens (tertiary/aromatic N) is 3. The molecular formula is C27H28Cl2N4O4S2. The molecule has 0 amide bonds. The molecule has 3 aromatic rings. The van der Waals surface area contributed by atoms with Crippen molar-refractivity contribution in [3.63, 3.8) is 0 Å². The fourth-order valence-corrected chi connectivity index (χ4v) is 6.63. The number of thioether (sulfide) groups is 1. The molecule has 4 rings (SSSR count). The summed E-state index contributed by atoms with van der Waals surface area (Å²) in [6, 6.07) is 8.70. The number of hydrogen-bond acceptors (Lipinski definition) is 9. The Morgan fingerprint density at radius 3 is 2.64 bits per heavy atom. The van der Waals surface area contributed by atoms with Crippen molar-refractivity contribution in [3.8, 4) is 17.1 Å². The number of aliphatic carboxylic acids is 1. The van der Waals surface area contributed by atoms with Gasteiger partial charge in [-0.1, -0.05) is 54.5 Å². The number of carboxylic acid groups (broad SMARTS) is 1. The average Bonchev–Trinajstić information content (AvgIpc) is 3.49. The van der Waals surface area contributed by atoms with E-state index in [0.29, 0.717) is 46.1 Å². The van der Waals surface area contributed by atoms with Crippen LogP contribution in [0.3, 0.4) is 0 Å². The number of ether oxygens (including phenoxy) is 2. The lowest BCUT2D eigenvalue weighted by Crippen LogP contribution is -2.19. The van der Waals surface area contributed by atoms with Crippen LogP contribution in [-0.4, -0.2) is 51.3 Å². The number of thiazole rings is 1. The normalized spacial score (nSPS) is 16.5. The fourth-order valence-electron chi connectivity index (χ4n) is 3.94. The SMILES string of the molecule is CC(N)=C(C(=Nc1nc(-c2ccc(Cl)c(Cl)c2)c(SC(C)C)s1)C(=O)O)c1cc(C)nc(O[C@H]2CCOC2)c1. The van der Waals surface area contributed by atoms with Crippen molar-refractivity contribution < 1.29 is 19.4 Å². The highest BCUT2D eigenvalue weighted by molar-refractivity contribution is 8.01. The van der Waals surface area contributed by atoms with Gasteiger partial charge in [-0.2, -0.15) is 0 Å². The second kappa shape index (κ2) is 12.7. The molecular weight excluding hydrogens is 579 g/mol. The summed E-state index contributed by atoms with van der Waals surface area (Å²) < 4.78 is 12.3. The van der Waals surface area contributed by atoms with Gasteiger partial charge in [0.15, 0.2) is 5.71 Å². The highest BCUT2D eigenvalue weighted by atomic mass is 35.5. The van der Waals surface area contributed by atoms with Crippen LogP contribution in [-0.2, 0) is 9.53 Å². The van der Waals surface area contributed by atoms with Crippen LogP contribution in [0.5, 0.6) is 5.88 Å². The maximum Gasteiger partial charge on any atom is 0.355 e. The number of carboxylic acids is 1. The van der Waals surface area contributed by atoms with Crippen molar-refractivity contribution in [2.45, 2.75) is 49.7 Å². The first-order valence-corrected chi connectivity index (χ1v) is 14.6. The van der Waals surface area contributed by atoms with Gasteiger partial charge in [-0.15, -0.1) is 11.8 Å². The van der Waals surface area contributed by atoms with Crippen LogP contribution in [0.25, 0.3) is 16.8 Å². The molecule has 1 atom stereocenters. The van der Waals surface area contributed by atoms with Gasteiger partial charge in [0.25, 0.3) is 0 Å². The van der Waals surface area contributed by atoms with Crippen molar-refractivity contribution in [1.29, 1.82) is 0 Å². The van der Waals surface area contributed by atoms with Crippen LogP contribution in [0, 0.1) is 6.92 Å². The summed E-state index contributed by atoms with van der Waals surface area (Å²) in [6.07, 6.45) is 0.644. The van der Waals surface area contributed by atoms with Gasteiger partial charge in [0.1, 0.15) is 6.10 Å². The number of aryl methyl sites for hydroxylation is 1. The second-order valence-electron chi connectivity index (χ2n) is 9.19.